The van der Waals surface area contributed by atoms with Crippen molar-refractivity contribution >= 4 is 5.78 Å². The van der Waals surface area contributed by atoms with Crippen LogP contribution in [0, 0.1) is 0 Å². The third-order valence-electron chi connectivity index (χ3n) is 2.40. The summed E-state index contributed by atoms with van der Waals surface area (Å²) < 4.78 is 40.5. The van der Waals surface area contributed by atoms with Crippen molar-refractivity contribution in [1.82, 2.24) is 0 Å². The van der Waals surface area contributed by atoms with Gasteiger partial charge in [-0.3, -0.25) is 4.79 Å². The average Bonchev–Trinajstić information content (AvgIpc) is 2.11. The van der Waals surface area contributed by atoms with Crippen LogP contribution in [-0.4, -0.2) is 24.7 Å². The van der Waals surface area contributed by atoms with E-state index < -0.39 is 12.6 Å². The molecule has 0 aliphatic heterocycles. The number of alkyl halides is 3. The number of carbonyl (C=O) groups excluding carboxylic acids is 1. The van der Waals surface area contributed by atoms with Gasteiger partial charge in [0.2, 0.25) is 0 Å². The van der Waals surface area contributed by atoms with Gasteiger partial charge >= 0.3 is 6.18 Å². The number of ether oxygens (including phenoxy) is 1. The van der Waals surface area contributed by atoms with Crippen molar-refractivity contribution in [2.24, 2.45) is 0 Å². The highest BCUT2D eigenvalue weighted by atomic mass is 19.4. The zero-order chi connectivity index (χ0) is 11.3. The van der Waals surface area contributed by atoms with Crippen molar-refractivity contribution in [3.63, 3.8) is 0 Å². The molecule has 1 rings (SSSR count). The molecular weight excluding hydrogens is 209 g/mol. The highest BCUT2D eigenvalue weighted by Crippen LogP contribution is 2.22. The van der Waals surface area contributed by atoms with Crippen LogP contribution in [0.15, 0.2) is 0 Å². The second-order valence-electron chi connectivity index (χ2n) is 3.85. The molecule has 0 heterocycles. The minimum atomic E-state index is -4.11. The molecular formula is C10H15F3O2. The van der Waals surface area contributed by atoms with Crippen molar-refractivity contribution < 1.29 is 22.7 Å². The first kappa shape index (κ1) is 12.5. The molecule has 0 radical (unpaired) electrons. The summed E-state index contributed by atoms with van der Waals surface area (Å²) in [5.41, 5.74) is 0. The fourth-order valence-corrected chi connectivity index (χ4v) is 1.65. The van der Waals surface area contributed by atoms with Crippen LogP contribution in [0.4, 0.5) is 13.2 Å². The molecule has 1 aliphatic rings. The van der Waals surface area contributed by atoms with E-state index in [1.807, 2.05) is 0 Å². The molecule has 5 heteroatoms. The Labute approximate surface area is 86.8 Å². The molecule has 0 spiro atoms. The summed E-state index contributed by atoms with van der Waals surface area (Å²) in [7, 11) is 0. The van der Waals surface area contributed by atoms with E-state index in [1.54, 1.807) is 0 Å². The summed E-state index contributed by atoms with van der Waals surface area (Å²) >= 11 is 0. The Morgan fingerprint density at radius 1 is 1.40 bits per heavy atom. The molecule has 0 saturated heterocycles. The minimum absolute atomic E-state index is 0.0197. The number of hydrogen-bond acceptors (Lipinski definition) is 2. The van der Waals surface area contributed by atoms with E-state index in [9.17, 15) is 18.0 Å². The quantitative estimate of drug-likeness (QED) is 0.686. The van der Waals surface area contributed by atoms with Gasteiger partial charge < -0.3 is 4.74 Å². The zero-order valence-corrected chi connectivity index (χ0v) is 8.48. The Morgan fingerprint density at radius 3 is 2.73 bits per heavy atom. The Balaban J connectivity index is 2.07. The zero-order valence-electron chi connectivity index (χ0n) is 8.48. The van der Waals surface area contributed by atoms with E-state index in [-0.39, 0.29) is 24.9 Å². The third-order valence-corrected chi connectivity index (χ3v) is 2.40. The molecule has 1 unspecified atom stereocenters. The fraction of sp³-hybridized carbons (Fsp3) is 0.900. The number of ketones is 1. The summed E-state index contributed by atoms with van der Waals surface area (Å²) in [6, 6.07) is 0. The summed E-state index contributed by atoms with van der Waals surface area (Å²) in [6.45, 7) is 0.0947. The normalized spacial score (nSPS) is 23.1. The highest BCUT2D eigenvalue weighted by Gasteiger charge is 2.26. The van der Waals surface area contributed by atoms with Gasteiger partial charge in [0.25, 0.3) is 0 Å². The van der Waals surface area contributed by atoms with Gasteiger partial charge in [-0.05, 0) is 19.3 Å². The third kappa shape index (κ3) is 5.77. The van der Waals surface area contributed by atoms with Crippen molar-refractivity contribution in [2.45, 2.75) is 50.8 Å². The lowest BCUT2D eigenvalue weighted by Crippen LogP contribution is -2.23. The molecule has 88 valence electrons. The SMILES string of the molecule is O=C1CCCC(OCCCC(F)(F)F)C1. The Bertz CT molecular complexity index is 213. The number of hydrogen-bond donors (Lipinski definition) is 0. The maximum Gasteiger partial charge on any atom is 0.389 e. The lowest BCUT2D eigenvalue weighted by molar-refractivity contribution is -0.140. The fourth-order valence-electron chi connectivity index (χ4n) is 1.65. The van der Waals surface area contributed by atoms with Crippen molar-refractivity contribution in [1.29, 1.82) is 0 Å². The smallest absolute Gasteiger partial charge is 0.378 e. The van der Waals surface area contributed by atoms with Gasteiger partial charge in [-0.2, -0.15) is 13.2 Å². The highest BCUT2D eigenvalue weighted by molar-refractivity contribution is 5.79. The molecule has 0 aromatic heterocycles. The molecule has 0 aromatic carbocycles. The second kappa shape index (κ2) is 5.49. The van der Waals surface area contributed by atoms with Crippen LogP contribution >= 0.6 is 0 Å². The number of rotatable bonds is 4. The van der Waals surface area contributed by atoms with Crippen molar-refractivity contribution in [3.05, 3.63) is 0 Å². The van der Waals surface area contributed by atoms with E-state index in [4.69, 9.17) is 4.74 Å². The second-order valence-corrected chi connectivity index (χ2v) is 3.85. The summed E-state index contributed by atoms with van der Waals surface area (Å²) in [6.07, 6.45) is -2.55. The van der Waals surface area contributed by atoms with Gasteiger partial charge in [-0.1, -0.05) is 0 Å². The van der Waals surface area contributed by atoms with Crippen LogP contribution in [0.2, 0.25) is 0 Å². The molecule has 1 atom stereocenters. The Morgan fingerprint density at radius 2 is 2.13 bits per heavy atom. The van der Waals surface area contributed by atoms with E-state index in [2.05, 4.69) is 0 Å². The molecule has 2 nitrogen and oxygen atoms in total. The standard InChI is InChI=1S/C10H15F3O2/c11-10(12,13)5-2-6-15-9-4-1-3-8(14)7-9/h9H,1-7H2. The Kier molecular flexibility index (Phi) is 4.57. The summed E-state index contributed by atoms with van der Waals surface area (Å²) in [5.74, 6) is 0.155. The lowest BCUT2D eigenvalue weighted by Gasteiger charge is -2.21. The monoisotopic (exact) mass is 224 g/mol. The van der Waals surface area contributed by atoms with Gasteiger partial charge in [-0.25, -0.2) is 0 Å². The Hall–Kier alpha value is -0.580. The molecule has 0 N–H and O–H groups in total. The first-order valence-corrected chi connectivity index (χ1v) is 5.17. The molecule has 1 aliphatic carbocycles. The van der Waals surface area contributed by atoms with E-state index in [0.29, 0.717) is 12.8 Å². The maximum atomic E-state index is 11.8. The van der Waals surface area contributed by atoms with Crippen molar-refractivity contribution in [2.75, 3.05) is 6.61 Å². The first-order chi connectivity index (χ1) is 6.97. The van der Waals surface area contributed by atoms with E-state index in [1.165, 1.54) is 0 Å². The van der Waals surface area contributed by atoms with Gasteiger partial charge in [0, 0.05) is 25.9 Å². The van der Waals surface area contributed by atoms with Gasteiger partial charge in [0.1, 0.15) is 5.78 Å². The molecule has 0 bridgehead atoms. The van der Waals surface area contributed by atoms with Crippen LogP contribution in [0.5, 0.6) is 0 Å². The topological polar surface area (TPSA) is 26.3 Å². The number of Topliss-reactive ketones (excluding diaryl/α,β-unsaturated/α-hetero) is 1. The minimum Gasteiger partial charge on any atom is -0.378 e. The van der Waals surface area contributed by atoms with Gasteiger partial charge in [0.15, 0.2) is 0 Å². The van der Waals surface area contributed by atoms with Gasteiger partial charge in [0.05, 0.1) is 6.10 Å². The first-order valence-electron chi connectivity index (χ1n) is 5.17. The summed E-state index contributed by atoms with van der Waals surface area (Å²) in [5, 5.41) is 0. The predicted octanol–water partition coefficient (Wildman–Crippen LogP) is 2.86. The lowest BCUT2D eigenvalue weighted by atomic mass is 9.96. The van der Waals surface area contributed by atoms with E-state index >= 15 is 0 Å². The van der Waals surface area contributed by atoms with Crippen LogP contribution in [0.3, 0.4) is 0 Å². The molecule has 15 heavy (non-hydrogen) atoms. The van der Waals surface area contributed by atoms with Crippen LogP contribution in [0.25, 0.3) is 0 Å². The average molecular weight is 224 g/mol. The van der Waals surface area contributed by atoms with E-state index in [0.717, 1.165) is 12.8 Å². The predicted molar refractivity (Wildman–Crippen MR) is 48.5 cm³/mol. The largest absolute Gasteiger partial charge is 0.389 e. The van der Waals surface area contributed by atoms with Gasteiger partial charge in [-0.15, -0.1) is 0 Å². The summed E-state index contributed by atoms with van der Waals surface area (Å²) in [4.78, 5) is 11.0. The molecule has 0 amide bonds. The van der Waals surface area contributed by atoms with Crippen LogP contribution < -0.4 is 0 Å². The molecule has 0 aromatic rings. The molecule has 1 saturated carbocycles. The molecule has 1 fully saturated rings. The number of carbonyl (C=O) groups is 1. The maximum absolute atomic E-state index is 11.8. The van der Waals surface area contributed by atoms with Crippen molar-refractivity contribution in [3.8, 4) is 0 Å². The van der Waals surface area contributed by atoms with Crippen LogP contribution in [-0.2, 0) is 9.53 Å². The van der Waals surface area contributed by atoms with Crippen LogP contribution in [0.1, 0.15) is 38.5 Å². The number of halogens is 3.